The van der Waals surface area contributed by atoms with Gasteiger partial charge >= 0.3 is 0 Å². The van der Waals surface area contributed by atoms with Gasteiger partial charge in [-0.2, -0.15) is 0 Å². The van der Waals surface area contributed by atoms with Crippen molar-refractivity contribution >= 4 is 12.4 Å². The van der Waals surface area contributed by atoms with Gasteiger partial charge in [-0.25, -0.2) is 0 Å². The van der Waals surface area contributed by atoms with Gasteiger partial charge in [0.1, 0.15) is 18.5 Å². The predicted octanol–water partition coefficient (Wildman–Crippen LogP) is 3.81. The zero-order valence-electron chi connectivity index (χ0n) is 14.4. The summed E-state index contributed by atoms with van der Waals surface area (Å²) in [6, 6.07) is 7.93. The van der Waals surface area contributed by atoms with E-state index in [1.807, 2.05) is 31.2 Å². The summed E-state index contributed by atoms with van der Waals surface area (Å²) in [4.78, 5) is 2.42. The lowest BCUT2D eigenvalue weighted by atomic mass is 10.0. The highest BCUT2D eigenvalue weighted by Crippen LogP contribution is 2.40. The summed E-state index contributed by atoms with van der Waals surface area (Å²) in [5.41, 5.74) is 1.40. The van der Waals surface area contributed by atoms with E-state index in [2.05, 4.69) is 32.6 Å². The lowest BCUT2D eigenvalue weighted by Gasteiger charge is -2.41. The number of aryl methyl sites for hydroxylation is 1. The molecule has 3 nitrogen and oxygen atoms in total. The van der Waals surface area contributed by atoms with Crippen molar-refractivity contribution in [2.45, 2.75) is 64.6 Å². The van der Waals surface area contributed by atoms with E-state index in [-0.39, 0.29) is 23.5 Å². The van der Waals surface area contributed by atoms with Gasteiger partial charge < -0.3 is 9.84 Å². The number of aliphatic hydroxyl groups is 1. The Morgan fingerprint density at radius 2 is 1.68 bits per heavy atom. The van der Waals surface area contributed by atoms with Gasteiger partial charge in [0.2, 0.25) is 0 Å². The number of benzene rings is 1. The van der Waals surface area contributed by atoms with Gasteiger partial charge in [-0.15, -0.1) is 12.4 Å². The molecule has 22 heavy (non-hydrogen) atoms. The first-order valence-corrected chi connectivity index (χ1v) is 7.87. The van der Waals surface area contributed by atoms with Gasteiger partial charge in [-0.05, 0) is 59.1 Å². The standard InChI is InChI=1S/C18H29NO2.ClH/c1-14-8-6-7-9-16(14)21-13-15(20)12-19-17(2,3)10-11-18(19,4)5;/h6-9,15,20H,10-13H2,1-5H3;1H/t15-;/m0./s1. The van der Waals surface area contributed by atoms with Crippen molar-refractivity contribution in [2.24, 2.45) is 0 Å². The van der Waals surface area contributed by atoms with Crippen LogP contribution in [0.15, 0.2) is 24.3 Å². The molecule has 1 aromatic carbocycles. The summed E-state index contributed by atoms with van der Waals surface area (Å²) in [7, 11) is 0. The zero-order chi connectivity index (χ0) is 15.7. The maximum absolute atomic E-state index is 10.4. The molecule has 0 spiro atoms. The minimum Gasteiger partial charge on any atom is -0.491 e. The van der Waals surface area contributed by atoms with E-state index in [1.165, 1.54) is 12.8 Å². The van der Waals surface area contributed by atoms with Crippen molar-refractivity contribution in [3.05, 3.63) is 29.8 Å². The molecule has 0 bridgehead atoms. The average Bonchev–Trinajstić information content (AvgIpc) is 2.61. The number of β-amino-alcohol motifs (C(OH)–C–C–N with tert-alkyl or cyclic N) is 1. The van der Waals surface area contributed by atoms with E-state index in [0.29, 0.717) is 13.2 Å². The molecule has 0 unspecified atom stereocenters. The molecular weight excluding hydrogens is 298 g/mol. The van der Waals surface area contributed by atoms with Crippen LogP contribution in [-0.2, 0) is 0 Å². The fourth-order valence-electron chi connectivity index (χ4n) is 3.36. The lowest BCUT2D eigenvalue weighted by molar-refractivity contribution is 0.00522. The first kappa shape index (κ1) is 19.3. The number of likely N-dealkylation sites (tertiary alicyclic amines) is 1. The third-order valence-electron chi connectivity index (χ3n) is 4.73. The quantitative estimate of drug-likeness (QED) is 0.892. The van der Waals surface area contributed by atoms with Crippen LogP contribution in [0.2, 0.25) is 0 Å². The SMILES string of the molecule is Cc1ccccc1OC[C@@H](O)CN1C(C)(C)CCC1(C)C.Cl. The molecule has 0 saturated carbocycles. The minimum atomic E-state index is -0.471. The van der Waals surface area contributed by atoms with Crippen LogP contribution in [0, 0.1) is 6.92 Å². The van der Waals surface area contributed by atoms with E-state index in [1.54, 1.807) is 0 Å². The van der Waals surface area contributed by atoms with Gasteiger partial charge in [0.05, 0.1) is 0 Å². The molecule has 0 aromatic heterocycles. The number of nitrogens with zero attached hydrogens (tertiary/aromatic N) is 1. The van der Waals surface area contributed by atoms with Crippen molar-refractivity contribution in [3.63, 3.8) is 0 Å². The second-order valence-corrected chi connectivity index (χ2v) is 7.47. The average molecular weight is 328 g/mol. The molecule has 4 heteroatoms. The summed E-state index contributed by atoms with van der Waals surface area (Å²) < 4.78 is 5.77. The Hall–Kier alpha value is -0.770. The van der Waals surface area contributed by atoms with Crippen LogP contribution < -0.4 is 4.74 Å². The summed E-state index contributed by atoms with van der Waals surface area (Å²) in [6.45, 7) is 12.1. The molecule has 0 amide bonds. The Labute approximate surface area is 141 Å². The van der Waals surface area contributed by atoms with Gasteiger partial charge in [-0.1, -0.05) is 18.2 Å². The molecule has 126 valence electrons. The smallest absolute Gasteiger partial charge is 0.122 e. The van der Waals surface area contributed by atoms with Gasteiger partial charge in [0.25, 0.3) is 0 Å². The van der Waals surface area contributed by atoms with Crippen molar-refractivity contribution in [1.82, 2.24) is 4.90 Å². The molecule has 2 rings (SSSR count). The van der Waals surface area contributed by atoms with Gasteiger partial charge in [-0.3, -0.25) is 4.90 Å². The Morgan fingerprint density at radius 3 is 2.23 bits per heavy atom. The molecule has 0 aliphatic carbocycles. The molecule has 1 saturated heterocycles. The summed E-state index contributed by atoms with van der Waals surface area (Å²) in [5, 5.41) is 10.4. The zero-order valence-corrected chi connectivity index (χ0v) is 15.2. The maximum Gasteiger partial charge on any atom is 0.122 e. The third-order valence-corrected chi connectivity index (χ3v) is 4.73. The fraction of sp³-hybridized carbons (Fsp3) is 0.667. The molecule has 1 heterocycles. The number of aliphatic hydroxyl groups excluding tert-OH is 1. The summed E-state index contributed by atoms with van der Waals surface area (Å²) in [6.07, 6.45) is 1.87. The van der Waals surface area contributed by atoms with Crippen LogP contribution >= 0.6 is 12.4 Å². The van der Waals surface area contributed by atoms with Crippen molar-refractivity contribution in [1.29, 1.82) is 0 Å². The van der Waals surface area contributed by atoms with Crippen LogP contribution in [0.25, 0.3) is 0 Å². The van der Waals surface area contributed by atoms with Crippen molar-refractivity contribution < 1.29 is 9.84 Å². The van der Waals surface area contributed by atoms with Crippen LogP contribution in [0.5, 0.6) is 5.75 Å². The highest BCUT2D eigenvalue weighted by molar-refractivity contribution is 5.85. The molecule has 0 radical (unpaired) electrons. The predicted molar refractivity (Wildman–Crippen MR) is 94.0 cm³/mol. The largest absolute Gasteiger partial charge is 0.491 e. The Morgan fingerprint density at radius 1 is 1.14 bits per heavy atom. The number of ether oxygens (including phenoxy) is 1. The van der Waals surface area contributed by atoms with Crippen molar-refractivity contribution in [2.75, 3.05) is 13.2 Å². The van der Waals surface area contributed by atoms with E-state index >= 15 is 0 Å². The molecule has 1 aliphatic heterocycles. The van der Waals surface area contributed by atoms with Gasteiger partial charge in [0, 0.05) is 17.6 Å². The van der Waals surface area contributed by atoms with Crippen LogP contribution in [0.4, 0.5) is 0 Å². The highest BCUT2D eigenvalue weighted by Gasteiger charge is 2.44. The van der Waals surface area contributed by atoms with Crippen molar-refractivity contribution in [3.8, 4) is 5.75 Å². The fourth-order valence-corrected chi connectivity index (χ4v) is 3.36. The number of halogens is 1. The Kier molecular flexibility index (Phi) is 6.31. The number of hydrogen-bond donors (Lipinski definition) is 1. The maximum atomic E-state index is 10.4. The molecule has 1 atom stereocenters. The topological polar surface area (TPSA) is 32.7 Å². The Bertz CT molecular complexity index is 472. The van der Waals surface area contributed by atoms with Crippen LogP contribution in [0.1, 0.15) is 46.1 Å². The van der Waals surface area contributed by atoms with Gasteiger partial charge in [0.15, 0.2) is 0 Å². The first-order valence-electron chi connectivity index (χ1n) is 7.87. The highest BCUT2D eigenvalue weighted by atomic mass is 35.5. The van der Waals surface area contributed by atoms with Crippen LogP contribution in [0.3, 0.4) is 0 Å². The van der Waals surface area contributed by atoms with E-state index in [0.717, 1.165) is 11.3 Å². The molecule has 1 aromatic rings. The normalized spacial score (nSPS) is 21.2. The molecule has 1 N–H and O–H groups in total. The second kappa shape index (κ2) is 7.20. The molecule has 1 fully saturated rings. The second-order valence-electron chi connectivity index (χ2n) is 7.47. The third kappa shape index (κ3) is 4.37. The summed E-state index contributed by atoms with van der Waals surface area (Å²) in [5.74, 6) is 0.858. The summed E-state index contributed by atoms with van der Waals surface area (Å²) >= 11 is 0. The number of hydrogen-bond acceptors (Lipinski definition) is 3. The first-order chi connectivity index (χ1) is 9.72. The van der Waals surface area contributed by atoms with E-state index in [9.17, 15) is 5.11 Å². The Balaban J connectivity index is 0.00000242. The molecule has 1 aliphatic rings. The van der Waals surface area contributed by atoms with E-state index in [4.69, 9.17) is 4.74 Å². The monoisotopic (exact) mass is 327 g/mol. The number of rotatable bonds is 5. The molecular formula is C18H30ClNO2. The lowest BCUT2D eigenvalue weighted by Crippen LogP contribution is -2.52. The van der Waals surface area contributed by atoms with Crippen LogP contribution in [-0.4, -0.2) is 40.3 Å². The van der Waals surface area contributed by atoms with E-state index < -0.39 is 6.10 Å². The number of para-hydroxylation sites is 1. The minimum absolute atomic E-state index is 0.